The van der Waals surface area contributed by atoms with Crippen LogP contribution >= 0.6 is 0 Å². The van der Waals surface area contributed by atoms with E-state index in [9.17, 15) is 5.21 Å². The third-order valence-electron chi connectivity index (χ3n) is 2.32. The molecule has 0 aromatic carbocycles. The Labute approximate surface area is 83.1 Å². The lowest BCUT2D eigenvalue weighted by molar-refractivity contribution is -0.116. The lowest BCUT2D eigenvalue weighted by Crippen LogP contribution is -2.44. The van der Waals surface area contributed by atoms with E-state index in [-0.39, 0.29) is 0 Å². The molecule has 0 heterocycles. The molecule has 0 aromatic heterocycles. The quantitative estimate of drug-likeness (QED) is 0.363. The first-order chi connectivity index (χ1) is 6.45. The minimum absolute atomic E-state index is 0.380. The van der Waals surface area contributed by atoms with Crippen LogP contribution in [0.2, 0.25) is 0 Å². The van der Waals surface area contributed by atoms with Gasteiger partial charge in [0.1, 0.15) is 0 Å². The molecule has 0 aliphatic carbocycles. The second-order valence-electron chi connectivity index (χ2n) is 3.21. The van der Waals surface area contributed by atoms with Crippen LogP contribution in [-0.4, -0.2) is 44.2 Å². The fraction of sp³-hybridized carbons (Fsp3) is 0.750. The predicted molar refractivity (Wildman–Crippen MR) is 52.3 cm³/mol. The lowest BCUT2D eigenvalue weighted by Gasteiger charge is -2.27. The van der Waals surface area contributed by atoms with Crippen LogP contribution in [0.15, 0.2) is 10.3 Å². The largest absolute Gasteiger partial charge is 0.411 e. The molecular weight excluding hydrogens is 186 g/mol. The predicted octanol–water partition coefficient (Wildman–Crippen LogP) is 1.15. The molecule has 3 N–H and O–H groups in total. The zero-order valence-electron chi connectivity index (χ0n) is 8.84. The van der Waals surface area contributed by atoms with Crippen LogP contribution in [0, 0.1) is 0 Å². The molecular formula is C8H17N3O3. The first-order valence-corrected chi connectivity index (χ1v) is 4.30. The van der Waals surface area contributed by atoms with E-state index >= 15 is 0 Å². The van der Waals surface area contributed by atoms with Crippen molar-refractivity contribution < 1.29 is 15.6 Å². The van der Waals surface area contributed by atoms with Gasteiger partial charge in [-0.2, -0.15) is 5.06 Å². The number of hydrogen-bond donors (Lipinski definition) is 3. The maximum Gasteiger partial charge on any atom is 0.0741 e. The van der Waals surface area contributed by atoms with Gasteiger partial charge >= 0.3 is 0 Å². The molecule has 0 bridgehead atoms. The van der Waals surface area contributed by atoms with E-state index in [4.69, 9.17) is 10.4 Å². The summed E-state index contributed by atoms with van der Waals surface area (Å²) in [5, 5.41) is 33.6. The topological polar surface area (TPSA) is 88.7 Å². The Morgan fingerprint density at radius 2 is 1.29 bits per heavy atom. The summed E-state index contributed by atoms with van der Waals surface area (Å²) >= 11 is 0. The Balaban J connectivity index is 4.54. The average Bonchev–Trinajstić information content (AvgIpc) is 2.23. The van der Waals surface area contributed by atoms with Gasteiger partial charge in [0.05, 0.1) is 23.5 Å². The van der Waals surface area contributed by atoms with Gasteiger partial charge in [0.15, 0.2) is 0 Å². The fourth-order valence-corrected chi connectivity index (χ4v) is 0.885. The van der Waals surface area contributed by atoms with Crippen molar-refractivity contribution >= 4 is 11.4 Å². The molecule has 2 atom stereocenters. The van der Waals surface area contributed by atoms with E-state index < -0.39 is 12.1 Å². The third-order valence-corrected chi connectivity index (χ3v) is 2.32. The van der Waals surface area contributed by atoms with Crippen LogP contribution in [0.1, 0.15) is 27.7 Å². The van der Waals surface area contributed by atoms with Gasteiger partial charge in [0.25, 0.3) is 0 Å². The number of rotatable bonds is 4. The molecule has 6 nitrogen and oxygen atoms in total. The first-order valence-electron chi connectivity index (χ1n) is 4.30. The smallest absolute Gasteiger partial charge is 0.0741 e. The Kier molecular flexibility index (Phi) is 5.11. The van der Waals surface area contributed by atoms with Crippen LogP contribution < -0.4 is 0 Å². The summed E-state index contributed by atoms with van der Waals surface area (Å²) in [5.41, 5.74) is 0.759. The van der Waals surface area contributed by atoms with Crippen molar-refractivity contribution in [2.24, 2.45) is 10.3 Å². The summed E-state index contributed by atoms with van der Waals surface area (Å²) in [5.74, 6) is 0. The number of oxime groups is 2. The van der Waals surface area contributed by atoms with E-state index in [0.29, 0.717) is 11.4 Å². The van der Waals surface area contributed by atoms with Crippen LogP contribution in [0.25, 0.3) is 0 Å². The van der Waals surface area contributed by atoms with Crippen molar-refractivity contribution in [3.05, 3.63) is 0 Å². The normalized spacial score (nSPS) is 18.4. The van der Waals surface area contributed by atoms with Crippen LogP contribution in [0.4, 0.5) is 0 Å². The molecule has 0 aromatic rings. The minimum atomic E-state index is -0.438. The Hall–Kier alpha value is -1.14. The van der Waals surface area contributed by atoms with E-state index in [0.717, 1.165) is 5.06 Å². The summed E-state index contributed by atoms with van der Waals surface area (Å²) in [6.45, 7) is 6.53. The van der Waals surface area contributed by atoms with Crippen molar-refractivity contribution in [2.45, 2.75) is 39.8 Å². The Bertz CT molecular complexity index is 216. The highest BCUT2D eigenvalue weighted by Gasteiger charge is 2.22. The number of nitrogens with zero attached hydrogens (tertiary/aromatic N) is 3. The van der Waals surface area contributed by atoms with Crippen LogP contribution in [-0.2, 0) is 0 Å². The van der Waals surface area contributed by atoms with Gasteiger partial charge in [-0.15, -0.1) is 0 Å². The molecule has 0 saturated heterocycles. The van der Waals surface area contributed by atoms with E-state index in [1.165, 1.54) is 0 Å². The van der Waals surface area contributed by atoms with E-state index in [1.54, 1.807) is 27.7 Å². The second kappa shape index (κ2) is 5.56. The van der Waals surface area contributed by atoms with Gasteiger partial charge in [-0.1, -0.05) is 10.3 Å². The van der Waals surface area contributed by atoms with Gasteiger partial charge < -0.3 is 15.6 Å². The second-order valence-corrected chi connectivity index (χ2v) is 3.21. The average molecular weight is 203 g/mol. The molecule has 0 rings (SSSR count). The third kappa shape index (κ3) is 2.97. The maximum atomic E-state index is 9.64. The van der Waals surface area contributed by atoms with Crippen molar-refractivity contribution in [3.8, 4) is 0 Å². The highest BCUT2D eigenvalue weighted by molar-refractivity contribution is 5.89. The Morgan fingerprint density at radius 1 is 1.00 bits per heavy atom. The summed E-state index contributed by atoms with van der Waals surface area (Å²) in [6.07, 6.45) is 0. The number of hydroxylamine groups is 2. The molecule has 0 amide bonds. The number of hydrogen-bond acceptors (Lipinski definition) is 6. The monoisotopic (exact) mass is 203 g/mol. The summed E-state index contributed by atoms with van der Waals surface area (Å²) in [6, 6.07) is -0.876. The van der Waals surface area contributed by atoms with Crippen molar-refractivity contribution in [1.82, 2.24) is 5.06 Å². The maximum absolute atomic E-state index is 9.64. The summed E-state index contributed by atoms with van der Waals surface area (Å²) in [4.78, 5) is 0. The van der Waals surface area contributed by atoms with Crippen LogP contribution in [0.5, 0.6) is 0 Å². The molecule has 0 unspecified atom stereocenters. The molecule has 0 radical (unpaired) electrons. The molecule has 0 aliphatic heterocycles. The van der Waals surface area contributed by atoms with Crippen molar-refractivity contribution in [3.63, 3.8) is 0 Å². The first kappa shape index (κ1) is 12.9. The highest BCUT2D eigenvalue weighted by Crippen LogP contribution is 2.05. The molecule has 0 aliphatic rings. The molecule has 6 heteroatoms. The lowest BCUT2D eigenvalue weighted by atomic mass is 10.1. The SMILES string of the molecule is C/C(=N/O)[C@H](C)N(O)[C@@H](C)/C(C)=N\O. The standard InChI is InChI=1S/C8H17N3O3/c1-5(9-12)7(3)11(14)8(4)6(2)10-13/h7-8,12-14H,1-4H3/b9-5-,10-6-/t7-,8-/m0/s1. The van der Waals surface area contributed by atoms with Gasteiger partial charge in [-0.05, 0) is 27.7 Å². The molecule has 0 spiro atoms. The molecule has 82 valence electrons. The van der Waals surface area contributed by atoms with Crippen molar-refractivity contribution in [2.75, 3.05) is 0 Å². The van der Waals surface area contributed by atoms with Gasteiger partial charge in [0, 0.05) is 0 Å². The van der Waals surface area contributed by atoms with Crippen LogP contribution in [0.3, 0.4) is 0 Å². The van der Waals surface area contributed by atoms with Gasteiger partial charge in [-0.25, -0.2) is 0 Å². The van der Waals surface area contributed by atoms with Gasteiger partial charge in [0.2, 0.25) is 0 Å². The minimum Gasteiger partial charge on any atom is -0.411 e. The zero-order valence-corrected chi connectivity index (χ0v) is 8.84. The Morgan fingerprint density at radius 3 is 1.50 bits per heavy atom. The van der Waals surface area contributed by atoms with Crippen molar-refractivity contribution in [1.29, 1.82) is 0 Å². The zero-order chi connectivity index (χ0) is 11.3. The van der Waals surface area contributed by atoms with E-state index in [2.05, 4.69) is 10.3 Å². The van der Waals surface area contributed by atoms with E-state index in [1.807, 2.05) is 0 Å². The highest BCUT2D eigenvalue weighted by atomic mass is 16.5. The molecule has 14 heavy (non-hydrogen) atoms. The fourth-order valence-electron chi connectivity index (χ4n) is 0.885. The summed E-state index contributed by atoms with van der Waals surface area (Å²) in [7, 11) is 0. The van der Waals surface area contributed by atoms with Gasteiger partial charge in [-0.3, -0.25) is 0 Å². The summed E-state index contributed by atoms with van der Waals surface area (Å²) < 4.78 is 0. The molecule has 0 saturated carbocycles. The molecule has 0 fully saturated rings.